The van der Waals surface area contributed by atoms with Crippen LogP contribution in [0.15, 0.2) is 18.2 Å². The third-order valence-corrected chi connectivity index (χ3v) is 2.69. The molecule has 0 unspecified atom stereocenters. The Labute approximate surface area is 115 Å². The topological polar surface area (TPSA) is 105 Å². The molecule has 1 aromatic rings. The molecule has 0 heterocycles. The van der Waals surface area contributed by atoms with E-state index in [0.29, 0.717) is 0 Å². The van der Waals surface area contributed by atoms with Gasteiger partial charge in [-0.15, -0.1) is 0 Å². The van der Waals surface area contributed by atoms with Crippen molar-refractivity contribution in [3.8, 4) is 0 Å². The van der Waals surface area contributed by atoms with Crippen molar-refractivity contribution in [3.05, 3.63) is 29.3 Å². The first kappa shape index (κ1) is 15.5. The Kier molecular flexibility index (Phi) is 5.08. The summed E-state index contributed by atoms with van der Waals surface area (Å²) in [5, 5.41) is 0. The minimum Gasteiger partial charge on any atom is -0.468 e. The Morgan fingerprint density at radius 2 is 1.55 bits per heavy atom. The molecule has 0 atom stereocenters. The van der Waals surface area contributed by atoms with E-state index in [2.05, 4.69) is 14.2 Å². The molecule has 1 aromatic carbocycles. The molecule has 7 nitrogen and oxygen atoms in total. The minimum absolute atomic E-state index is 0.0914. The summed E-state index contributed by atoms with van der Waals surface area (Å²) in [5.74, 6) is -3.46. The maximum absolute atomic E-state index is 11.7. The number of ether oxygens (including phenoxy) is 3. The first-order chi connectivity index (χ1) is 9.46. The zero-order chi connectivity index (χ0) is 15.3. The van der Waals surface area contributed by atoms with Crippen LogP contribution in [0.25, 0.3) is 0 Å². The Balaban J connectivity index is 3.25. The number of nitrogens with two attached hydrogens (primary N) is 1. The van der Waals surface area contributed by atoms with E-state index in [-0.39, 0.29) is 16.8 Å². The molecule has 0 aliphatic carbocycles. The number of benzene rings is 1. The largest absolute Gasteiger partial charge is 0.468 e. The lowest BCUT2D eigenvalue weighted by molar-refractivity contribution is -0.154. The first-order valence-electron chi connectivity index (χ1n) is 5.59. The first-order valence-corrected chi connectivity index (χ1v) is 5.59. The smallest absolute Gasteiger partial charge is 0.337 e. The van der Waals surface area contributed by atoms with Crippen LogP contribution in [0.4, 0.5) is 5.69 Å². The highest BCUT2D eigenvalue weighted by atomic mass is 16.5. The van der Waals surface area contributed by atoms with Crippen molar-refractivity contribution in [2.45, 2.75) is 5.92 Å². The van der Waals surface area contributed by atoms with Gasteiger partial charge in [0.25, 0.3) is 0 Å². The second-order valence-corrected chi connectivity index (χ2v) is 3.81. The molecule has 0 aromatic heterocycles. The molecule has 2 N–H and O–H groups in total. The highest BCUT2D eigenvalue weighted by Crippen LogP contribution is 2.26. The molecule has 0 radical (unpaired) electrons. The SMILES string of the molecule is COC(=O)c1ccc(C(C(=O)OC)C(=O)OC)c(N)c1. The molecule has 1 rings (SSSR count). The Morgan fingerprint density at radius 1 is 1.00 bits per heavy atom. The predicted octanol–water partition coefficient (Wildman–Crippen LogP) is 0.485. The lowest BCUT2D eigenvalue weighted by atomic mass is 9.96. The van der Waals surface area contributed by atoms with Gasteiger partial charge in [0.05, 0.1) is 26.9 Å². The summed E-state index contributed by atoms with van der Waals surface area (Å²) in [7, 11) is 3.53. The van der Waals surface area contributed by atoms with Gasteiger partial charge in [-0.05, 0) is 12.1 Å². The molecule has 20 heavy (non-hydrogen) atoms. The highest BCUT2D eigenvalue weighted by molar-refractivity contribution is 6.02. The number of rotatable bonds is 4. The van der Waals surface area contributed by atoms with Crippen LogP contribution in [0, 0.1) is 0 Å². The number of anilines is 1. The molecule has 0 aliphatic rings. The fourth-order valence-electron chi connectivity index (χ4n) is 1.67. The van der Waals surface area contributed by atoms with Gasteiger partial charge in [-0.1, -0.05) is 6.07 Å². The minimum atomic E-state index is -1.29. The number of nitrogen functional groups attached to an aromatic ring is 1. The molecule has 0 spiro atoms. The lowest BCUT2D eigenvalue weighted by Gasteiger charge is -2.15. The zero-order valence-corrected chi connectivity index (χ0v) is 11.3. The van der Waals surface area contributed by atoms with Crippen LogP contribution < -0.4 is 5.73 Å². The summed E-state index contributed by atoms with van der Waals surface area (Å²) in [6.07, 6.45) is 0. The Morgan fingerprint density at radius 3 is 1.95 bits per heavy atom. The normalized spacial score (nSPS) is 10.0. The average molecular weight is 281 g/mol. The summed E-state index contributed by atoms with van der Waals surface area (Å²) < 4.78 is 13.7. The Bertz CT molecular complexity index is 524. The fraction of sp³-hybridized carbons (Fsp3) is 0.308. The second-order valence-electron chi connectivity index (χ2n) is 3.81. The number of hydrogen-bond acceptors (Lipinski definition) is 7. The van der Waals surface area contributed by atoms with Gasteiger partial charge >= 0.3 is 17.9 Å². The fourth-order valence-corrected chi connectivity index (χ4v) is 1.67. The summed E-state index contributed by atoms with van der Waals surface area (Å²) in [5.41, 5.74) is 6.28. The standard InChI is InChI=1S/C13H15NO6/c1-18-11(15)7-4-5-8(9(14)6-7)10(12(16)19-2)13(17)20-3/h4-6,10H,14H2,1-3H3. The van der Waals surface area contributed by atoms with Gasteiger partial charge in [0.15, 0.2) is 5.92 Å². The molecule has 0 saturated heterocycles. The third-order valence-electron chi connectivity index (χ3n) is 2.69. The van der Waals surface area contributed by atoms with Crippen LogP contribution in [0.3, 0.4) is 0 Å². The molecular formula is C13H15NO6. The summed E-state index contributed by atoms with van der Waals surface area (Å²) in [6, 6.07) is 4.11. The number of hydrogen-bond donors (Lipinski definition) is 1. The van der Waals surface area contributed by atoms with Crippen LogP contribution in [0.2, 0.25) is 0 Å². The van der Waals surface area contributed by atoms with E-state index < -0.39 is 23.8 Å². The van der Waals surface area contributed by atoms with E-state index in [4.69, 9.17) is 5.73 Å². The van der Waals surface area contributed by atoms with Crippen molar-refractivity contribution in [2.75, 3.05) is 27.1 Å². The van der Waals surface area contributed by atoms with Crippen molar-refractivity contribution >= 4 is 23.6 Å². The predicted molar refractivity (Wildman–Crippen MR) is 69.0 cm³/mol. The van der Waals surface area contributed by atoms with Gasteiger partial charge in [-0.25, -0.2) is 4.79 Å². The maximum atomic E-state index is 11.7. The lowest BCUT2D eigenvalue weighted by Crippen LogP contribution is -2.25. The average Bonchev–Trinajstić information content (AvgIpc) is 2.47. The molecule has 108 valence electrons. The molecule has 7 heteroatoms. The summed E-state index contributed by atoms with van der Waals surface area (Å²) in [4.78, 5) is 34.7. The van der Waals surface area contributed by atoms with Crippen molar-refractivity contribution < 1.29 is 28.6 Å². The van der Waals surface area contributed by atoms with Crippen molar-refractivity contribution in [2.24, 2.45) is 0 Å². The third kappa shape index (κ3) is 3.05. The van der Waals surface area contributed by atoms with Crippen LogP contribution in [-0.2, 0) is 23.8 Å². The van der Waals surface area contributed by atoms with E-state index >= 15 is 0 Å². The van der Waals surface area contributed by atoms with E-state index in [1.807, 2.05) is 0 Å². The molecular weight excluding hydrogens is 266 g/mol. The van der Waals surface area contributed by atoms with E-state index in [9.17, 15) is 14.4 Å². The highest BCUT2D eigenvalue weighted by Gasteiger charge is 2.32. The van der Waals surface area contributed by atoms with Gasteiger partial charge in [0.1, 0.15) is 0 Å². The van der Waals surface area contributed by atoms with Crippen LogP contribution >= 0.6 is 0 Å². The van der Waals surface area contributed by atoms with Crippen molar-refractivity contribution in [1.29, 1.82) is 0 Å². The number of carbonyl (C=O) groups excluding carboxylic acids is 3. The molecule has 0 bridgehead atoms. The van der Waals surface area contributed by atoms with Crippen LogP contribution in [0.1, 0.15) is 21.8 Å². The summed E-state index contributed by atoms with van der Waals surface area (Å²) >= 11 is 0. The van der Waals surface area contributed by atoms with Crippen LogP contribution in [-0.4, -0.2) is 39.2 Å². The second kappa shape index (κ2) is 6.55. The van der Waals surface area contributed by atoms with Gasteiger partial charge in [-0.3, -0.25) is 9.59 Å². The molecule has 0 aliphatic heterocycles. The monoisotopic (exact) mass is 281 g/mol. The number of carbonyl (C=O) groups is 3. The van der Waals surface area contributed by atoms with Crippen molar-refractivity contribution in [3.63, 3.8) is 0 Å². The number of esters is 3. The molecule has 0 amide bonds. The zero-order valence-electron chi connectivity index (χ0n) is 11.3. The van der Waals surface area contributed by atoms with Gasteiger partial charge in [0.2, 0.25) is 0 Å². The van der Waals surface area contributed by atoms with Gasteiger partial charge < -0.3 is 19.9 Å². The molecule has 0 saturated carbocycles. The number of methoxy groups -OCH3 is 3. The maximum Gasteiger partial charge on any atom is 0.337 e. The summed E-state index contributed by atoms with van der Waals surface area (Å²) in [6.45, 7) is 0. The van der Waals surface area contributed by atoms with E-state index in [1.54, 1.807) is 0 Å². The van der Waals surface area contributed by atoms with Crippen molar-refractivity contribution in [1.82, 2.24) is 0 Å². The van der Waals surface area contributed by atoms with Gasteiger partial charge in [0, 0.05) is 11.3 Å². The van der Waals surface area contributed by atoms with E-state index in [1.165, 1.54) is 25.3 Å². The van der Waals surface area contributed by atoms with E-state index in [0.717, 1.165) is 14.2 Å². The quantitative estimate of drug-likeness (QED) is 0.370. The Hall–Kier alpha value is -2.57. The molecule has 0 fully saturated rings. The van der Waals surface area contributed by atoms with Gasteiger partial charge in [-0.2, -0.15) is 0 Å². The van der Waals surface area contributed by atoms with Crippen LogP contribution in [0.5, 0.6) is 0 Å².